The zero-order chi connectivity index (χ0) is 11.4. The summed E-state index contributed by atoms with van der Waals surface area (Å²) in [5.41, 5.74) is -0.0121. The van der Waals surface area contributed by atoms with Crippen LogP contribution in [0.4, 0.5) is 0 Å². The molecule has 0 unspecified atom stereocenters. The first-order valence-electron chi connectivity index (χ1n) is 5.37. The molecule has 0 aliphatic heterocycles. The summed E-state index contributed by atoms with van der Waals surface area (Å²) in [5.74, 6) is 0.420. The molecule has 0 rings (SSSR count). The van der Waals surface area contributed by atoms with Crippen molar-refractivity contribution in [1.82, 2.24) is 10.6 Å². The minimum Gasteiger partial charge on any atom is -0.352 e. The van der Waals surface area contributed by atoms with Gasteiger partial charge in [-0.15, -0.1) is 0 Å². The van der Waals surface area contributed by atoms with Crippen molar-refractivity contribution in [3.8, 4) is 0 Å². The van der Waals surface area contributed by atoms with Crippen LogP contribution in [0.25, 0.3) is 0 Å². The van der Waals surface area contributed by atoms with Gasteiger partial charge in [-0.25, -0.2) is 0 Å². The lowest BCUT2D eigenvalue weighted by molar-refractivity contribution is 0.401. The van der Waals surface area contributed by atoms with Crippen LogP contribution in [0.15, 0.2) is 0 Å². The first-order valence-corrected chi connectivity index (χ1v) is 5.37. The molecule has 3 heteroatoms. The predicted octanol–water partition coefficient (Wildman–Crippen LogP) is 2.48. The molecule has 0 aromatic rings. The molecule has 0 spiro atoms. The van der Waals surface area contributed by atoms with Gasteiger partial charge >= 0.3 is 0 Å². The molecule has 0 saturated heterocycles. The third kappa shape index (κ3) is 5.10. The van der Waals surface area contributed by atoms with Gasteiger partial charge in [0, 0.05) is 11.1 Å². The van der Waals surface area contributed by atoms with E-state index in [1.807, 2.05) is 0 Å². The van der Waals surface area contributed by atoms with Crippen molar-refractivity contribution in [2.45, 2.75) is 65.5 Å². The van der Waals surface area contributed by atoms with Crippen LogP contribution >= 0.6 is 0 Å². The largest absolute Gasteiger partial charge is 0.352 e. The maximum absolute atomic E-state index is 7.78. The highest BCUT2D eigenvalue weighted by Crippen LogP contribution is 2.09. The Labute approximate surface area is 88.2 Å². The zero-order valence-corrected chi connectivity index (χ0v) is 10.4. The number of guanidine groups is 1. The van der Waals surface area contributed by atoms with Crippen molar-refractivity contribution in [2.24, 2.45) is 0 Å². The zero-order valence-electron chi connectivity index (χ0n) is 10.4. The average molecular weight is 199 g/mol. The average Bonchev–Trinajstić information content (AvgIpc) is 2.02. The van der Waals surface area contributed by atoms with Crippen LogP contribution in [0.1, 0.15) is 54.4 Å². The van der Waals surface area contributed by atoms with Crippen molar-refractivity contribution in [3.05, 3.63) is 0 Å². The fourth-order valence-electron chi connectivity index (χ4n) is 0.885. The molecule has 14 heavy (non-hydrogen) atoms. The predicted molar refractivity (Wildman–Crippen MR) is 62.7 cm³/mol. The SMILES string of the molecule is CCC(C)(C)NC(=N)NC(C)(C)CC. The number of rotatable bonds is 4. The second kappa shape index (κ2) is 4.67. The molecule has 3 N–H and O–H groups in total. The first kappa shape index (κ1) is 13.3. The van der Waals surface area contributed by atoms with Crippen LogP contribution in [0.3, 0.4) is 0 Å². The molecule has 0 atom stereocenters. The van der Waals surface area contributed by atoms with Crippen molar-refractivity contribution in [1.29, 1.82) is 5.41 Å². The third-order valence-corrected chi connectivity index (χ3v) is 2.69. The molecular weight excluding hydrogens is 174 g/mol. The van der Waals surface area contributed by atoms with E-state index in [9.17, 15) is 0 Å². The Bertz CT molecular complexity index is 175. The lowest BCUT2D eigenvalue weighted by Gasteiger charge is -2.31. The van der Waals surface area contributed by atoms with E-state index < -0.39 is 0 Å². The van der Waals surface area contributed by atoms with Crippen LogP contribution in [0.2, 0.25) is 0 Å². The fraction of sp³-hybridized carbons (Fsp3) is 0.909. The topological polar surface area (TPSA) is 47.9 Å². The van der Waals surface area contributed by atoms with Gasteiger partial charge in [0.2, 0.25) is 0 Å². The van der Waals surface area contributed by atoms with Crippen LogP contribution in [-0.2, 0) is 0 Å². The summed E-state index contributed by atoms with van der Waals surface area (Å²) in [5, 5.41) is 14.1. The maximum Gasteiger partial charge on any atom is 0.189 e. The third-order valence-electron chi connectivity index (χ3n) is 2.69. The molecule has 84 valence electrons. The summed E-state index contributed by atoms with van der Waals surface area (Å²) in [4.78, 5) is 0. The summed E-state index contributed by atoms with van der Waals surface area (Å²) >= 11 is 0. The minimum absolute atomic E-state index is 0.00605. The van der Waals surface area contributed by atoms with Gasteiger partial charge in [0.1, 0.15) is 0 Å². The van der Waals surface area contributed by atoms with Crippen molar-refractivity contribution in [2.75, 3.05) is 0 Å². The molecule has 0 heterocycles. The van der Waals surface area contributed by atoms with Crippen molar-refractivity contribution < 1.29 is 0 Å². The number of hydrogen-bond acceptors (Lipinski definition) is 1. The molecule has 0 aromatic carbocycles. The quantitative estimate of drug-likeness (QED) is 0.481. The molecule has 0 saturated carbocycles. The van der Waals surface area contributed by atoms with Crippen LogP contribution < -0.4 is 10.6 Å². The highest BCUT2D eigenvalue weighted by Gasteiger charge is 2.20. The van der Waals surface area contributed by atoms with E-state index in [1.165, 1.54) is 0 Å². The number of nitrogens with one attached hydrogen (secondary N) is 3. The summed E-state index contributed by atoms with van der Waals surface area (Å²) in [6.45, 7) is 12.6. The Morgan fingerprint density at radius 2 is 1.21 bits per heavy atom. The first-order chi connectivity index (χ1) is 6.22. The van der Waals surface area contributed by atoms with Crippen LogP contribution in [0.5, 0.6) is 0 Å². The van der Waals surface area contributed by atoms with Gasteiger partial charge in [-0.05, 0) is 40.5 Å². The van der Waals surface area contributed by atoms with E-state index in [2.05, 4.69) is 52.2 Å². The maximum atomic E-state index is 7.78. The van der Waals surface area contributed by atoms with E-state index in [-0.39, 0.29) is 11.1 Å². The molecule has 0 amide bonds. The molecule has 0 aliphatic carbocycles. The Morgan fingerprint density at radius 1 is 0.929 bits per heavy atom. The van der Waals surface area contributed by atoms with E-state index in [1.54, 1.807) is 0 Å². The van der Waals surface area contributed by atoms with Gasteiger partial charge < -0.3 is 10.6 Å². The molecule has 0 aliphatic rings. The van der Waals surface area contributed by atoms with Gasteiger partial charge in [0.15, 0.2) is 5.96 Å². The van der Waals surface area contributed by atoms with E-state index in [0.29, 0.717) is 5.96 Å². The van der Waals surface area contributed by atoms with E-state index >= 15 is 0 Å². The standard InChI is InChI=1S/C11H25N3/c1-7-10(3,4)13-9(12)14-11(5,6)8-2/h7-8H2,1-6H3,(H3,12,13,14). The molecular formula is C11H25N3. The van der Waals surface area contributed by atoms with Gasteiger partial charge in [-0.3, -0.25) is 5.41 Å². The van der Waals surface area contributed by atoms with E-state index in [0.717, 1.165) is 12.8 Å². The molecule has 3 nitrogen and oxygen atoms in total. The van der Waals surface area contributed by atoms with Crippen LogP contribution in [0, 0.1) is 5.41 Å². The summed E-state index contributed by atoms with van der Waals surface area (Å²) in [7, 11) is 0. The van der Waals surface area contributed by atoms with E-state index in [4.69, 9.17) is 5.41 Å². The van der Waals surface area contributed by atoms with Gasteiger partial charge in [0.25, 0.3) is 0 Å². The molecule has 0 fully saturated rings. The second-order valence-corrected chi connectivity index (χ2v) is 5.10. The second-order valence-electron chi connectivity index (χ2n) is 5.10. The smallest absolute Gasteiger partial charge is 0.189 e. The Hall–Kier alpha value is -0.730. The summed E-state index contributed by atoms with van der Waals surface area (Å²) in [6.07, 6.45) is 2.01. The highest BCUT2D eigenvalue weighted by atomic mass is 15.2. The fourth-order valence-corrected chi connectivity index (χ4v) is 0.885. The lowest BCUT2D eigenvalue weighted by Crippen LogP contribution is -2.54. The minimum atomic E-state index is -0.00605. The monoisotopic (exact) mass is 199 g/mol. The summed E-state index contributed by atoms with van der Waals surface area (Å²) < 4.78 is 0. The van der Waals surface area contributed by atoms with Crippen molar-refractivity contribution >= 4 is 5.96 Å². The lowest BCUT2D eigenvalue weighted by atomic mass is 10.0. The van der Waals surface area contributed by atoms with Gasteiger partial charge in [-0.2, -0.15) is 0 Å². The Balaban J connectivity index is 4.12. The molecule has 0 aromatic heterocycles. The Kier molecular flexibility index (Phi) is 4.43. The van der Waals surface area contributed by atoms with Gasteiger partial charge in [0.05, 0.1) is 0 Å². The van der Waals surface area contributed by atoms with Gasteiger partial charge in [-0.1, -0.05) is 13.8 Å². The summed E-state index contributed by atoms with van der Waals surface area (Å²) in [6, 6.07) is 0. The molecule has 0 radical (unpaired) electrons. The Morgan fingerprint density at radius 3 is 1.43 bits per heavy atom. The normalized spacial score (nSPS) is 12.4. The highest BCUT2D eigenvalue weighted by molar-refractivity contribution is 5.77. The van der Waals surface area contributed by atoms with Crippen molar-refractivity contribution in [3.63, 3.8) is 0 Å². The van der Waals surface area contributed by atoms with Crippen LogP contribution in [-0.4, -0.2) is 17.0 Å². The molecule has 0 bridgehead atoms. The number of hydrogen-bond donors (Lipinski definition) is 3.